The van der Waals surface area contributed by atoms with Crippen LogP contribution in [0, 0.1) is 11.8 Å². The standard InChI is InChI=1S/C10H18F2/c1-7(2)8(3)6-9(4)10(5,11)12/h7-8H,4,6H2,1-3,5H3. The van der Waals surface area contributed by atoms with Gasteiger partial charge in [-0.1, -0.05) is 27.4 Å². The molecule has 0 N–H and O–H groups in total. The van der Waals surface area contributed by atoms with Crippen LogP contribution < -0.4 is 0 Å². The van der Waals surface area contributed by atoms with Crippen molar-refractivity contribution in [3.05, 3.63) is 12.2 Å². The van der Waals surface area contributed by atoms with E-state index in [2.05, 4.69) is 6.58 Å². The highest BCUT2D eigenvalue weighted by atomic mass is 19.3. The Hall–Kier alpha value is -0.400. The van der Waals surface area contributed by atoms with Crippen molar-refractivity contribution in [2.75, 3.05) is 0 Å². The number of rotatable bonds is 4. The number of alkyl halides is 2. The summed E-state index contributed by atoms with van der Waals surface area (Å²) in [6.45, 7) is 10.3. The molecule has 0 aliphatic rings. The van der Waals surface area contributed by atoms with Crippen LogP contribution in [0.1, 0.15) is 34.1 Å². The third-order valence-electron chi connectivity index (χ3n) is 2.33. The SMILES string of the molecule is C=C(CC(C)C(C)C)C(C)(F)F. The molecule has 0 fully saturated rings. The van der Waals surface area contributed by atoms with E-state index in [9.17, 15) is 8.78 Å². The fourth-order valence-corrected chi connectivity index (χ4v) is 0.804. The molecule has 1 atom stereocenters. The maximum Gasteiger partial charge on any atom is 0.266 e. The largest absolute Gasteiger partial charge is 0.266 e. The zero-order valence-corrected chi connectivity index (χ0v) is 8.32. The molecule has 2 heteroatoms. The lowest BCUT2D eigenvalue weighted by Gasteiger charge is -2.20. The Morgan fingerprint density at radius 3 is 2.00 bits per heavy atom. The summed E-state index contributed by atoms with van der Waals surface area (Å²) in [6, 6.07) is 0. The number of hydrogen-bond acceptors (Lipinski definition) is 0. The number of hydrogen-bond donors (Lipinski definition) is 0. The molecule has 0 amide bonds. The lowest BCUT2D eigenvalue weighted by Crippen LogP contribution is -2.17. The topological polar surface area (TPSA) is 0 Å². The minimum Gasteiger partial charge on any atom is -0.202 e. The van der Waals surface area contributed by atoms with Crippen molar-refractivity contribution in [1.29, 1.82) is 0 Å². The second kappa shape index (κ2) is 4.01. The van der Waals surface area contributed by atoms with Crippen molar-refractivity contribution in [1.82, 2.24) is 0 Å². The minimum atomic E-state index is -2.72. The smallest absolute Gasteiger partial charge is 0.202 e. The molecule has 0 saturated carbocycles. The van der Waals surface area contributed by atoms with Crippen molar-refractivity contribution >= 4 is 0 Å². The average molecular weight is 176 g/mol. The third kappa shape index (κ3) is 3.84. The van der Waals surface area contributed by atoms with Gasteiger partial charge in [-0.2, -0.15) is 0 Å². The van der Waals surface area contributed by atoms with E-state index in [1.807, 2.05) is 20.8 Å². The van der Waals surface area contributed by atoms with Gasteiger partial charge >= 0.3 is 0 Å². The molecule has 0 aromatic rings. The van der Waals surface area contributed by atoms with E-state index in [1.165, 1.54) is 0 Å². The molecule has 12 heavy (non-hydrogen) atoms. The molecule has 0 bridgehead atoms. The van der Waals surface area contributed by atoms with Crippen molar-refractivity contribution in [3.8, 4) is 0 Å². The molecule has 0 saturated heterocycles. The molecule has 0 nitrogen and oxygen atoms in total. The molecular weight excluding hydrogens is 158 g/mol. The van der Waals surface area contributed by atoms with E-state index in [0.717, 1.165) is 6.92 Å². The summed E-state index contributed by atoms with van der Waals surface area (Å²) in [5.74, 6) is -2.00. The molecule has 0 radical (unpaired) electrons. The average Bonchev–Trinajstić information content (AvgIpc) is 1.85. The Balaban J connectivity index is 4.02. The minimum absolute atomic E-state index is 0.0451. The van der Waals surface area contributed by atoms with Crippen LogP contribution >= 0.6 is 0 Å². The predicted octanol–water partition coefficient (Wildman–Crippen LogP) is 3.88. The molecule has 0 heterocycles. The first-order valence-electron chi connectivity index (χ1n) is 4.31. The van der Waals surface area contributed by atoms with Crippen molar-refractivity contribution < 1.29 is 8.78 Å². The Morgan fingerprint density at radius 1 is 1.33 bits per heavy atom. The normalized spacial score (nSPS) is 14.9. The van der Waals surface area contributed by atoms with Crippen LogP contribution in [-0.2, 0) is 0 Å². The van der Waals surface area contributed by atoms with Crippen LogP contribution in [0.25, 0.3) is 0 Å². The summed E-state index contributed by atoms with van der Waals surface area (Å²) in [5, 5.41) is 0. The Morgan fingerprint density at radius 2 is 1.75 bits per heavy atom. The summed E-state index contributed by atoms with van der Waals surface area (Å²) in [5.41, 5.74) is 0.0451. The van der Waals surface area contributed by atoms with Crippen LogP contribution in [-0.4, -0.2) is 5.92 Å². The van der Waals surface area contributed by atoms with E-state index >= 15 is 0 Å². The van der Waals surface area contributed by atoms with Crippen molar-refractivity contribution in [3.63, 3.8) is 0 Å². The van der Waals surface area contributed by atoms with Crippen molar-refractivity contribution in [2.45, 2.75) is 40.0 Å². The summed E-state index contributed by atoms with van der Waals surface area (Å²) >= 11 is 0. The first-order chi connectivity index (χ1) is 5.25. The molecule has 0 aromatic carbocycles. The van der Waals surface area contributed by atoms with Crippen LogP contribution in [0.4, 0.5) is 8.78 Å². The Labute approximate surface area is 73.7 Å². The number of halogens is 2. The lowest BCUT2D eigenvalue weighted by atomic mass is 9.90. The van der Waals surface area contributed by atoms with Gasteiger partial charge in [0.15, 0.2) is 0 Å². The second-order valence-corrected chi connectivity index (χ2v) is 3.92. The van der Waals surface area contributed by atoms with E-state index in [4.69, 9.17) is 0 Å². The molecule has 0 aliphatic heterocycles. The molecule has 0 spiro atoms. The zero-order valence-electron chi connectivity index (χ0n) is 8.32. The van der Waals surface area contributed by atoms with Gasteiger partial charge in [0.2, 0.25) is 0 Å². The van der Waals surface area contributed by atoms with Gasteiger partial charge in [0.1, 0.15) is 0 Å². The van der Waals surface area contributed by atoms with E-state index in [0.29, 0.717) is 12.3 Å². The maximum absolute atomic E-state index is 12.6. The van der Waals surface area contributed by atoms with Gasteiger partial charge in [-0.3, -0.25) is 0 Å². The van der Waals surface area contributed by atoms with E-state index in [-0.39, 0.29) is 11.5 Å². The molecule has 0 rings (SSSR count). The van der Waals surface area contributed by atoms with Gasteiger partial charge in [-0.25, -0.2) is 8.78 Å². The first kappa shape index (κ1) is 11.6. The fourth-order valence-electron chi connectivity index (χ4n) is 0.804. The van der Waals surface area contributed by atoms with Gasteiger partial charge < -0.3 is 0 Å². The third-order valence-corrected chi connectivity index (χ3v) is 2.33. The molecule has 72 valence electrons. The van der Waals surface area contributed by atoms with Gasteiger partial charge in [-0.05, 0) is 23.8 Å². The van der Waals surface area contributed by atoms with Gasteiger partial charge in [0, 0.05) is 6.92 Å². The fraction of sp³-hybridized carbons (Fsp3) is 0.800. The summed E-state index contributed by atoms with van der Waals surface area (Å²) in [4.78, 5) is 0. The van der Waals surface area contributed by atoms with Crippen LogP contribution in [0.15, 0.2) is 12.2 Å². The Kier molecular flexibility index (Phi) is 3.88. The zero-order chi connectivity index (χ0) is 9.94. The Bertz CT molecular complexity index is 154. The molecule has 1 unspecified atom stereocenters. The van der Waals surface area contributed by atoms with Gasteiger partial charge in [0.05, 0.1) is 0 Å². The van der Waals surface area contributed by atoms with Gasteiger partial charge in [-0.15, -0.1) is 0 Å². The number of allylic oxidation sites excluding steroid dienone is 1. The summed E-state index contributed by atoms with van der Waals surface area (Å²) < 4.78 is 25.3. The van der Waals surface area contributed by atoms with Gasteiger partial charge in [0.25, 0.3) is 5.92 Å². The highest BCUT2D eigenvalue weighted by Gasteiger charge is 2.26. The monoisotopic (exact) mass is 176 g/mol. The first-order valence-corrected chi connectivity index (χ1v) is 4.31. The predicted molar refractivity (Wildman–Crippen MR) is 48.4 cm³/mol. The maximum atomic E-state index is 12.6. The second-order valence-electron chi connectivity index (χ2n) is 3.92. The molecular formula is C10H18F2. The highest BCUT2D eigenvalue weighted by molar-refractivity contribution is 5.06. The van der Waals surface area contributed by atoms with Crippen LogP contribution in [0.5, 0.6) is 0 Å². The quantitative estimate of drug-likeness (QED) is 0.570. The molecule has 0 aliphatic carbocycles. The van der Waals surface area contributed by atoms with Crippen molar-refractivity contribution in [2.24, 2.45) is 11.8 Å². The van der Waals surface area contributed by atoms with E-state index in [1.54, 1.807) is 0 Å². The van der Waals surface area contributed by atoms with Crippen LogP contribution in [0.2, 0.25) is 0 Å². The van der Waals surface area contributed by atoms with E-state index < -0.39 is 5.92 Å². The summed E-state index contributed by atoms with van der Waals surface area (Å²) in [6.07, 6.45) is 0.418. The summed E-state index contributed by atoms with van der Waals surface area (Å²) in [7, 11) is 0. The lowest BCUT2D eigenvalue weighted by molar-refractivity contribution is 0.0568. The van der Waals surface area contributed by atoms with Crippen LogP contribution in [0.3, 0.4) is 0 Å². The highest BCUT2D eigenvalue weighted by Crippen LogP contribution is 2.29. The molecule has 0 aromatic heterocycles.